The maximum Gasteiger partial charge on any atom is 0.264 e. The summed E-state index contributed by atoms with van der Waals surface area (Å²) in [5.74, 6) is 0.422. The van der Waals surface area contributed by atoms with E-state index in [9.17, 15) is 13.2 Å². The second-order valence-electron chi connectivity index (χ2n) is 8.59. The lowest BCUT2D eigenvalue weighted by atomic mass is 9.93. The lowest BCUT2D eigenvalue weighted by molar-refractivity contribution is -0.129. The van der Waals surface area contributed by atoms with E-state index in [1.807, 2.05) is 34.6 Å². The Hall–Kier alpha value is -2.25. The average molecular weight is 465 g/mol. The molecule has 1 heterocycles. The lowest BCUT2D eigenvalue weighted by Crippen LogP contribution is -2.54. The minimum Gasteiger partial charge on any atom is -0.476 e. The fourth-order valence-electron chi connectivity index (χ4n) is 3.79. The first-order valence-corrected chi connectivity index (χ1v) is 12.2. The van der Waals surface area contributed by atoms with Gasteiger partial charge in [-0.05, 0) is 49.1 Å². The van der Waals surface area contributed by atoms with Crippen molar-refractivity contribution in [2.45, 2.75) is 51.7 Å². The normalized spacial score (nSPS) is 16.4. The topological polar surface area (TPSA) is 75.7 Å². The average Bonchev–Trinajstić information content (AvgIpc) is 2.70. The first-order chi connectivity index (χ1) is 14.5. The molecule has 0 unspecified atom stereocenters. The molecule has 168 valence electrons. The summed E-state index contributed by atoms with van der Waals surface area (Å²) < 4.78 is 34.1. The number of rotatable bonds is 6. The third kappa shape index (κ3) is 4.99. The minimum absolute atomic E-state index is 0.0510. The van der Waals surface area contributed by atoms with Crippen LogP contribution in [0.25, 0.3) is 0 Å². The number of amides is 1. The highest BCUT2D eigenvalue weighted by molar-refractivity contribution is 7.92. The van der Waals surface area contributed by atoms with E-state index < -0.39 is 16.1 Å². The van der Waals surface area contributed by atoms with Crippen LogP contribution in [0.15, 0.2) is 47.4 Å². The van der Waals surface area contributed by atoms with Crippen molar-refractivity contribution in [1.82, 2.24) is 5.32 Å². The van der Waals surface area contributed by atoms with Gasteiger partial charge in [0, 0.05) is 11.1 Å². The van der Waals surface area contributed by atoms with Gasteiger partial charge in [0.1, 0.15) is 5.75 Å². The fourth-order valence-corrected chi connectivity index (χ4v) is 5.42. The lowest BCUT2D eigenvalue weighted by Gasteiger charge is -2.36. The second kappa shape index (κ2) is 9.09. The zero-order valence-electron chi connectivity index (χ0n) is 18.4. The highest BCUT2D eigenvalue weighted by Crippen LogP contribution is 2.39. The van der Waals surface area contributed by atoms with Crippen molar-refractivity contribution in [3.05, 3.63) is 53.1 Å². The molecule has 0 spiro atoms. The molecule has 6 nitrogen and oxygen atoms in total. The summed E-state index contributed by atoms with van der Waals surface area (Å²) in [5.41, 5.74) is 1.27. The number of sulfonamides is 1. The molecule has 0 bridgehead atoms. The number of hydrogen-bond donors (Lipinski definition) is 1. The van der Waals surface area contributed by atoms with Crippen molar-refractivity contribution >= 4 is 33.2 Å². The molecule has 0 radical (unpaired) electrons. The Bertz CT molecular complexity index is 1040. The van der Waals surface area contributed by atoms with Gasteiger partial charge in [0.25, 0.3) is 15.9 Å². The van der Waals surface area contributed by atoms with E-state index in [-0.39, 0.29) is 35.2 Å². The number of carbonyl (C=O) groups is 1. The van der Waals surface area contributed by atoms with E-state index in [1.165, 1.54) is 4.31 Å². The highest BCUT2D eigenvalue weighted by Gasteiger charge is 2.38. The van der Waals surface area contributed by atoms with Crippen molar-refractivity contribution in [1.29, 1.82) is 0 Å². The summed E-state index contributed by atoms with van der Waals surface area (Å²) in [6.07, 6.45) is -0.978. The van der Waals surface area contributed by atoms with Gasteiger partial charge in [-0.25, -0.2) is 8.42 Å². The summed E-state index contributed by atoms with van der Waals surface area (Å²) in [6.45, 7) is 9.91. The van der Waals surface area contributed by atoms with Gasteiger partial charge in [0.15, 0.2) is 6.10 Å². The molecule has 0 saturated carbocycles. The maximum atomic E-state index is 13.5. The van der Waals surface area contributed by atoms with Crippen LogP contribution in [-0.4, -0.2) is 33.0 Å². The summed E-state index contributed by atoms with van der Waals surface area (Å²) in [4.78, 5) is 13.2. The molecule has 3 rings (SSSR count). The smallest absolute Gasteiger partial charge is 0.264 e. The van der Waals surface area contributed by atoms with Crippen LogP contribution in [0.4, 0.5) is 5.69 Å². The van der Waals surface area contributed by atoms with E-state index in [2.05, 4.69) is 5.32 Å². The molecular formula is C23H29ClN2O4S. The van der Waals surface area contributed by atoms with Crippen LogP contribution < -0.4 is 14.4 Å². The number of fused-ring (bicyclic) bond motifs is 1. The Balaban J connectivity index is 1.98. The van der Waals surface area contributed by atoms with Gasteiger partial charge in [0.2, 0.25) is 0 Å². The van der Waals surface area contributed by atoms with Gasteiger partial charge in [-0.2, -0.15) is 0 Å². The van der Waals surface area contributed by atoms with Crippen LogP contribution >= 0.6 is 11.6 Å². The summed E-state index contributed by atoms with van der Waals surface area (Å²) in [7, 11) is -3.92. The van der Waals surface area contributed by atoms with Gasteiger partial charge in [-0.15, -0.1) is 0 Å². The molecule has 2 aromatic rings. The third-order valence-electron chi connectivity index (χ3n) is 5.44. The van der Waals surface area contributed by atoms with Crippen LogP contribution in [-0.2, 0) is 14.8 Å². The standard InChI is InChI=1S/C23H29ClN2O4S/c1-14(2)22(15(3)4)25-23(27)21-13-26(19-12-17(24)8-11-20(19)30-21)31(28,29)18-9-6-16(5)7-10-18/h6-12,14-15,21-22H,13H2,1-5H3,(H,25,27)/t21-/m1/s1. The summed E-state index contributed by atoms with van der Waals surface area (Å²) in [6, 6.07) is 11.3. The largest absolute Gasteiger partial charge is 0.476 e. The van der Waals surface area contributed by atoms with Crippen LogP contribution in [0, 0.1) is 18.8 Å². The summed E-state index contributed by atoms with van der Waals surface area (Å²) >= 11 is 6.14. The predicted molar refractivity (Wildman–Crippen MR) is 123 cm³/mol. The predicted octanol–water partition coefficient (Wildman–Crippen LogP) is 4.40. The van der Waals surface area contributed by atoms with E-state index in [1.54, 1.807) is 42.5 Å². The van der Waals surface area contributed by atoms with Crippen LogP contribution in [0.5, 0.6) is 5.75 Å². The number of anilines is 1. The zero-order valence-corrected chi connectivity index (χ0v) is 20.0. The number of ether oxygens (including phenoxy) is 1. The van der Waals surface area contributed by atoms with Crippen molar-refractivity contribution in [3.63, 3.8) is 0 Å². The van der Waals surface area contributed by atoms with Crippen molar-refractivity contribution in [2.24, 2.45) is 11.8 Å². The van der Waals surface area contributed by atoms with E-state index in [4.69, 9.17) is 16.3 Å². The minimum atomic E-state index is -3.92. The van der Waals surface area contributed by atoms with Crippen LogP contribution in [0.2, 0.25) is 5.02 Å². The second-order valence-corrected chi connectivity index (χ2v) is 10.9. The molecule has 0 saturated heterocycles. The van der Waals surface area contributed by atoms with Crippen molar-refractivity contribution in [2.75, 3.05) is 10.8 Å². The number of nitrogens with zero attached hydrogens (tertiary/aromatic N) is 1. The van der Waals surface area contributed by atoms with Crippen molar-refractivity contribution in [3.8, 4) is 5.75 Å². The molecule has 2 aromatic carbocycles. The van der Waals surface area contributed by atoms with E-state index in [0.29, 0.717) is 16.5 Å². The number of carbonyl (C=O) groups excluding carboxylic acids is 1. The summed E-state index contributed by atoms with van der Waals surface area (Å²) in [5, 5.41) is 3.42. The Morgan fingerprint density at radius 1 is 1.10 bits per heavy atom. The SMILES string of the molecule is Cc1ccc(S(=O)(=O)N2C[C@H](C(=O)NC(C(C)C)C(C)C)Oc3ccc(Cl)cc32)cc1. The molecule has 1 aliphatic rings. The first-order valence-electron chi connectivity index (χ1n) is 10.4. The monoisotopic (exact) mass is 464 g/mol. The first kappa shape index (κ1) is 23.4. The highest BCUT2D eigenvalue weighted by atomic mass is 35.5. The molecule has 8 heteroatoms. The molecule has 0 fully saturated rings. The van der Waals surface area contributed by atoms with E-state index >= 15 is 0 Å². The van der Waals surface area contributed by atoms with Gasteiger partial charge in [0.05, 0.1) is 17.1 Å². The molecule has 0 aromatic heterocycles. The number of aryl methyl sites for hydroxylation is 1. The molecule has 1 atom stereocenters. The molecule has 1 N–H and O–H groups in total. The molecule has 31 heavy (non-hydrogen) atoms. The number of hydrogen-bond acceptors (Lipinski definition) is 4. The van der Waals surface area contributed by atoms with Crippen molar-refractivity contribution < 1.29 is 17.9 Å². The zero-order chi connectivity index (χ0) is 22.9. The molecule has 0 aliphatic carbocycles. The molecule has 1 aliphatic heterocycles. The van der Waals surface area contributed by atoms with Gasteiger partial charge >= 0.3 is 0 Å². The Morgan fingerprint density at radius 3 is 2.29 bits per heavy atom. The molecular weight excluding hydrogens is 436 g/mol. The van der Waals surface area contributed by atoms with Crippen LogP contribution in [0.1, 0.15) is 33.3 Å². The van der Waals surface area contributed by atoms with Gasteiger partial charge < -0.3 is 10.1 Å². The molecule has 1 amide bonds. The maximum absolute atomic E-state index is 13.5. The van der Waals surface area contributed by atoms with Crippen LogP contribution in [0.3, 0.4) is 0 Å². The fraction of sp³-hybridized carbons (Fsp3) is 0.435. The quantitative estimate of drug-likeness (QED) is 0.687. The Kier molecular flexibility index (Phi) is 6.86. The number of nitrogens with one attached hydrogen (secondary N) is 1. The Labute approximate surface area is 189 Å². The number of halogens is 1. The van der Waals surface area contributed by atoms with Gasteiger partial charge in [-0.3, -0.25) is 9.10 Å². The number of benzene rings is 2. The van der Waals surface area contributed by atoms with Gasteiger partial charge in [-0.1, -0.05) is 57.0 Å². The third-order valence-corrected chi connectivity index (χ3v) is 7.47. The van der Waals surface area contributed by atoms with E-state index in [0.717, 1.165) is 5.56 Å². The Morgan fingerprint density at radius 2 is 1.71 bits per heavy atom.